The minimum absolute atomic E-state index is 0. The van der Waals surface area contributed by atoms with Crippen LogP contribution in [0.15, 0.2) is 53.7 Å². The van der Waals surface area contributed by atoms with E-state index in [2.05, 4.69) is 45.7 Å². The van der Waals surface area contributed by atoms with Crippen LogP contribution < -0.4 is 10.6 Å². The van der Waals surface area contributed by atoms with E-state index >= 15 is 0 Å². The number of guanidine groups is 1. The first-order chi connectivity index (χ1) is 12.5. The van der Waals surface area contributed by atoms with Crippen molar-refractivity contribution in [2.24, 2.45) is 4.99 Å². The maximum atomic E-state index is 6.35. The van der Waals surface area contributed by atoms with Crippen molar-refractivity contribution in [3.8, 4) is 0 Å². The van der Waals surface area contributed by atoms with Gasteiger partial charge in [0, 0.05) is 30.2 Å². The Kier molecular flexibility index (Phi) is 7.43. The standard InChI is InChI=1S/C19H23ClN6.HI/c1-19(2,14-8-4-5-9-15(14)20)13-23-18(21-3)22-12-17-25-24-16-10-6-7-11-26(16)17;/h4-11H,12-13H2,1-3H3,(H2,21,22,23);1H. The lowest BCUT2D eigenvalue weighted by atomic mass is 9.84. The Morgan fingerprint density at radius 2 is 1.85 bits per heavy atom. The molecular formula is C19H24ClIN6. The summed E-state index contributed by atoms with van der Waals surface area (Å²) >= 11 is 6.35. The molecule has 2 heterocycles. The highest BCUT2D eigenvalue weighted by Crippen LogP contribution is 2.28. The number of nitrogens with zero attached hydrogens (tertiary/aromatic N) is 4. The number of pyridine rings is 1. The maximum Gasteiger partial charge on any atom is 0.191 e. The summed E-state index contributed by atoms with van der Waals surface area (Å²) in [7, 11) is 1.75. The van der Waals surface area contributed by atoms with Gasteiger partial charge in [-0.2, -0.15) is 0 Å². The van der Waals surface area contributed by atoms with Gasteiger partial charge in [0.2, 0.25) is 0 Å². The summed E-state index contributed by atoms with van der Waals surface area (Å²) in [6.07, 6.45) is 1.95. The molecule has 0 spiro atoms. The molecule has 0 fully saturated rings. The average molecular weight is 499 g/mol. The Labute approximate surface area is 181 Å². The highest BCUT2D eigenvalue weighted by molar-refractivity contribution is 14.0. The van der Waals surface area contributed by atoms with Crippen molar-refractivity contribution in [1.29, 1.82) is 0 Å². The fourth-order valence-corrected chi connectivity index (χ4v) is 3.20. The number of hydrogen-bond donors (Lipinski definition) is 2. The summed E-state index contributed by atoms with van der Waals surface area (Å²) in [5.74, 6) is 1.53. The molecule has 0 aliphatic carbocycles. The van der Waals surface area contributed by atoms with Crippen LogP contribution in [0.5, 0.6) is 0 Å². The van der Waals surface area contributed by atoms with E-state index in [1.54, 1.807) is 7.05 Å². The number of fused-ring (bicyclic) bond motifs is 1. The van der Waals surface area contributed by atoms with E-state index in [4.69, 9.17) is 11.6 Å². The molecule has 2 aromatic heterocycles. The molecule has 6 nitrogen and oxygen atoms in total. The van der Waals surface area contributed by atoms with Crippen molar-refractivity contribution in [3.63, 3.8) is 0 Å². The maximum absolute atomic E-state index is 6.35. The molecule has 1 aromatic carbocycles. The Hall–Kier alpha value is -1.87. The number of nitrogens with one attached hydrogen (secondary N) is 2. The summed E-state index contributed by atoms with van der Waals surface area (Å²) in [6, 6.07) is 13.8. The summed E-state index contributed by atoms with van der Waals surface area (Å²) in [5, 5.41) is 15.8. The third-order valence-electron chi connectivity index (χ3n) is 4.32. The summed E-state index contributed by atoms with van der Waals surface area (Å²) < 4.78 is 1.95. The van der Waals surface area contributed by atoms with E-state index in [0.717, 1.165) is 22.1 Å². The molecule has 0 atom stereocenters. The lowest BCUT2D eigenvalue weighted by Gasteiger charge is -2.27. The Morgan fingerprint density at radius 1 is 1.11 bits per heavy atom. The van der Waals surface area contributed by atoms with Gasteiger partial charge in [-0.15, -0.1) is 34.2 Å². The molecular weight excluding hydrogens is 475 g/mol. The molecule has 0 aliphatic rings. The number of hydrogen-bond acceptors (Lipinski definition) is 3. The van der Waals surface area contributed by atoms with E-state index in [0.29, 0.717) is 19.0 Å². The van der Waals surface area contributed by atoms with Gasteiger partial charge in [0.1, 0.15) is 0 Å². The first-order valence-corrected chi connectivity index (χ1v) is 8.87. The van der Waals surface area contributed by atoms with E-state index in [9.17, 15) is 0 Å². The molecule has 0 unspecified atom stereocenters. The van der Waals surface area contributed by atoms with Gasteiger partial charge >= 0.3 is 0 Å². The molecule has 0 saturated heterocycles. The molecule has 0 radical (unpaired) electrons. The summed E-state index contributed by atoms with van der Waals surface area (Å²) in [5.41, 5.74) is 1.79. The predicted molar refractivity (Wildman–Crippen MR) is 121 cm³/mol. The topological polar surface area (TPSA) is 66.6 Å². The predicted octanol–water partition coefficient (Wildman–Crippen LogP) is 3.64. The minimum atomic E-state index is -0.141. The zero-order chi connectivity index (χ0) is 18.6. The molecule has 8 heteroatoms. The second kappa shape index (κ2) is 9.36. The van der Waals surface area contributed by atoms with Gasteiger partial charge in [0.05, 0.1) is 6.54 Å². The highest BCUT2D eigenvalue weighted by atomic mass is 127. The molecule has 0 bridgehead atoms. The van der Waals surface area contributed by atoms with Crippen LogP contribution in [-0.4, -0.2) is 34.2 Å². The lowest BCUT2D eigenvalue weighted by Crippen LogP contribution is -2.43. The summed E-state index contributed by atoms with van der Waals surface area (Å²) in [4.78, 5) is 4.29. The SMILES string of the molecule is CN=C(NCc1nnc2ccccn12)NCC(C)(C)c1ccccc1Cl.I. The van der Waals surface area contributed by atoms with Crippen LogP contribution in [0, 0.1) is 0 Å². The first-order valence-electron chi connectivity index (χ1n) is 8.49. The second-order valence-corrected chi connectivity index (χ2v) is 7.10. The number of halogens is 2. The van der Waals surface area contributed by atoms with Crippen molar-refractivity contribution in [1.82, 2.24) is 25.2 Å². The van der Waals surface area contributed by atoms with E-state index in [-0.39, 0.29) is 29.4 Å². The van der Waals surface area contributed by atoms with Gasteiger partial charge < -0.3 is 10.6 Å². The van der Waals surface area contributed by atoms with Gasteiger partial charge in [0.25, 0.3) is 0 Å². The zero-order valence-electron chi connectivity index (χ0n) is 15.6. The molecule has 0 amide bonds. The van der Waals surface area contributed by atoms with Crippen molar-refractivity contribution < 1.29 is 0 Å². The molecule has 0 saturated carbocycles. The number of aliphatic imine (C=N–C) groups is 1. The molecule has 27 heavy (non-hydrogen) atoms. The fraction of sp³-hybridized carbons (Fsp3) is 0.316. The number of benzene rings is 1. The largest absolute Gasteiger partial charge is 0.356 e. The molecule has 144 valence electrons. The second-order valence-electron chi connectivity index (χ2n) is 6.69. The van der Waals surface area contributed by atoms with Gasteiger partial charge in [-0.1, -0.05) is 49.7 Å². The molecule has 3 rings (SSSR count). The van der Waals surface area contributed by atoms with Gasteiger partial charge in [-0.05, 0) is 23.8 Å². The van der Waals surface area contributed by atoms with Crippen LogP contribution in [-0.2, 0) is 12.0 Å². The molecule has 3 aromatic rings. The Morgan fingerprint density at radius 3 is 2.59 bits per heavy atom. The van der Waals surface area contributed by atoms with Gasteiger partial charge in [0.15, 0.2) is 17.4 Å². The van der Waals surface area contributed by atoms with Crippen molar-refractivity contribution in [3.05, 3.63) is 65.1 Å². The molecule has 2 N–H and O–H groups in total. The molecule has 0 aliphatic heterocycles. The zero-order valence-corrected chi connectivity index (χ0v) is 18.7. The Balaban J connectivity index is 0.00000261. The quantitative estimate of drug-likeness (QED) is 0.320. The van der Waals surface area contributed by atoms with Gasteiger partial charge in [-0.3, -0.25) is 9.39 Å². The average Bonchev–Trinajstić information content (AvgIpc) is 3.05. The summed E-state index contributed by atoms with van der Waals surface area (Å²) in [6.45, 7) is 5.52. The monoisotopic (exact) mass is 498 g/mol. The minimum Gasteiger partial charge on any atom is -0.356 e. The first kappa shape index (κ1) is 21.4. The van der Waals surface area contributed by atoms with E-state index in [1.165, 1.54) is 0 Å². The fourth-order valence-electron chi connectivity index (χ4n) is 2.80. The van der Waals surface area contributed by atoms with Crippen molar-refractivity contribution >= 4 is 47.2 Å². The Bertz CT molecular complexity index is 921. The van der Waals surface area contributed by atoms with Crippen molar-refractivity contribution in [2.75, 3.05) is 13.6 Å². The van der Waals surface area contributed by atoms with Crippen LogP contribution in [0.25, 0.3) is 5.65 Å². The van der Waals surface area contributed by atoms with E-state index < -0.39 is 0 Å². The van der Waals surface area contributed by atoms with Crippen molar-refractivity contribution in [2.45, 2.75) is 25.8 Å². The third-order valence-corrected chi connectivity index (χ3v) is 4.65. The number of aromatic nitrogens is 3. The van der Waals surface area contributed by atoms with Crippen LogP contribution >= 0.6 is 35.6 Å². The van der Waals surface area contributed by atoms with Crippen LogP contribution in [0.3, 0.4) is 0 Å². The van der Waals surface area contributed by atoms with Gasteiger partial charge in [-0.25, -0.2) is 0 Å². The highest BCUT2D eigenvalue weighted by Gasteiger charge is 2.23. The lowest BCUT2D eigenvalue weighted by molar-refractivity contribution is 0.508. The third kappa shape index (κ3) is 5.10. The number of rotatable bonds is 5. The smallest absolute Gasteiger partial charge is 0.191 e. The van der Waals surface area contributed by atoms with Crippen LogP contribution in [0.1, 0.15) is 25.2 Å². The van der Waals surface area contributed by atoms with E-state index in [1.807, 2.05) is 47.0 Å². The van der Waals surface area contributed by atoms with Crippen LogP contribution in [0.4, 0.5) is 0 Å². The van der Waals surface area contributed by atoms with Crippen LogP contribution in [0.2, 0.25) is 5.02 Å². The normalized spacial score (nSPS) is 11.9.